The molecule has 4 fully saturated rings. The maximum absolute atomic E-state index is 6.18. The van der Waals surface area contributed by atoms with Crippen molar-refractivity contribution in [3.05, 3.63) is 0 Å². The number of nitrogens with zero attached hydrogens (tertiary/aromatic N) is 3. The minimum absolute atomic E-state index is 0.507. The Kier molecular flexibility index (Phi) is 10.4. The van der Waals surface area contributed by atoms with Crippen LogP contribution in [0.15, 0.2) is 0 Å². The molecule has 4 heterocycles. The van der Waals surface area contributed by atoms with Gasteiger partial charge in [-0.05, 0) is 126 Å². The van der Waals surface area contributed by atoms with E-state index in [0.717, 1.165) is 24.3 Å². The van der Waals surface area contributed by atoms with Crippen molar-refractivity contribution in [3.63, 3.8) is 0 Å². The van der Waals surface area contributed by atoms with E-state index >= 15 is 0 Å². The van der Waals surface area contributed by atoms with Gasteiger partial charge >= 0.3 is 0 Å². The lowest BCUT2D eigenvalue weighted by Gasteiger charge is -2.52. The third-order valence-corrected chi connectivity index (χ3v) is 10.6. The van der Waals surface area contributed by atoms with E-state index in [2.05, 4.69) is 40.9 Å². The lowest BCUT2D eigenvalue weighted by molar-refractivity contribution is -0.0302. The molecule has 1 spiro atoms. The Labute approximate surface area is 217 Å². The highest BCUT2D eigenvalue weighted by Crippen LogP contribution is 2.49. The molecular weight excluding hydrogens is 430 g/mol. The summed E-state index contributed by atoms with van der Waals surface area (Å²) in [5.41, 5.74) is 7.27. The van der Waals surface area contributed by atoms with Crippen molar-refractivity contribution in [2.24, 2.45) is 34.3 Å². The van der Waals surface area contributed by atoms with Crippen LogP contribution < -0.4 is 11.1 Å². The Morgan fingerprint density at radius 1 is 0.943 bits per heavy atom. The molecule has 4 saturated heterocycles. The van der Waals surface area contributed by atoms with Crippen LogP contribution in [-0.2, 0) is 0 Å². The Morgan fingerprint density at radius 3 is 2.26 bits per heavy atom. The number of nitrogens with one attached hydrogen (secondary N) is 1. The van der Waals surface area contributed by atoms with Crippen molar-refractivity contribution >= 4 is 0 Å². The fourth-order valence-electron chi connectivity index (χ4n) is 8.55. The van der Waals surface area contributed by atoms with Crippen molar-refractivity contribution in [1.29, 1.82) is 0 Å². The lowest BCUT2D eigenvalue weighted by atomic mass is 9.65. The largest absolute Gasteiger partial charge is 0.330 e. The molecule has 4 aliphatic rings. The van der Waals surface area contributed by atoms with E-state index in [-0.39, 0.29) is 0 Å². The van der Waals surface area contributed by atoms with Crippen molar-refractivity contribution in [3.8, 4) is 0 Å². The van der Waals surface area contributed by atoms with Crippen LogP contribution in [0, 0.1) is 28.6 Å². The Hall–Kier alpha value is -0.200. The highest BCUT2D eigenvalue weighted by molar-refractivity contribution is 5.02. The zero-order valence-electron chi connectivity index (χ0n) is 23.7. The number of piperidine rings is 2. The summed E-state index contributed by atoms with van der Waals surface area (Å²) in [5, 5.41) is 3.67. The fourth-order valence-corrected chi connectivity index (χ4v) is 8.55. The first-order valence-corrected chi connectivity index (χ1v) is 15.5. The zero-order chi connectivity index (χ0) is 24.7. The van der Waals surface area contributed by atoms with Gasteiger partial charge < -0.3 is 25.8 Å². The topological polar surface area (TPSA) is 47.8 Å². The number of likely N-dealkylation sites (tertiary alicyclic amines) is 3. The summed E-state index contributed by atoms with van der Waals surface area (Å²) in [7, 11) is 2.29. The fraction of sp³-hybridized carbons (Fsp3) is 1.00. The van der Waals surface area contributed by atoms with E-state index in [9.17, 15) is 0 Å². The summed E-state index contributed by atoms with van der Waals surface area (Å²) in [6.07, 6.45) is 15.1. The second-order valence-electron chi connectivity index (χ2n) is 13.4. The zero-order valence-corrected chi connectivity index (χ0v) is 23.7. The van der Waals surface area contributed by atoms with Crippen LogP contribution in [0.25, 0.3) is 0 Å². The summed E-state index contributed by atoms with van der Waals surface area (Å²) in [6, 6.07) is 0. The van der Waals surface area contributed by atoms with Crippen LogP contribution in [0.3, 0.4) is 0 Å². The molecule has 0 radical (unpaired) electrons. The van der Waals surface area contributed by atoms with Gasteiger partial charge in [-0.1, -0.05) is 26.7 Å². The summed E-state index contributed by atoms with van der Waals surface area (Å²) in [4.78, 5) is 8.21. The Morgan fingerprint density at radius 2 is 1.63 bits per heavy atom. The third kappa shape index (κ3) is 7.22. The average molecular weight is 490 g/mol. The maximum Gasteiger partial charge on any atom is 0.00511 e. The summed E-state index contributed by atoms with van der Waals surface area (Å²) in [5.74, 6) is 2.72. The Bertz CT molecular complexity index is 598. The predicted octanol–water partition coefficient (Wildman–Crippen LogP) is 4.28. The van der Waals surface area contributed by atoms with E-state index in [1.54, 1.807) is 0 Å². The van der Waals surface area contributed by atoms with Gasteiger partial charge in [-0.2, -0.15) is 0 Å². The van der Waals surface area contributed by atoms with Gasteiger partial charge in [-0.25, -0.2) is 0 Å². The van der Waals surface area contributed by atoms with Gasteiger partial charge in [0, 0.05) is 39.3 Å². The summed E-state index contributed by atoms with van der Waals surface area (Å²) >= 11 is 0. The molecule has 0 amide bonds. The highest BCUT2D eigenvalue weighted by Gasteiger charge is 2.49. The molecule has 4 aliphatic heterocycles. The molecule has 4 rings (SSSR count). The molecule has 0 bridgehead atoms. The van der Waals surface area contributed by atoms with Crippen molar-refractivity contribution < 1.29 is 0 Å². The monoisotopic (exact) mass is 489 g/mol. The number of rotatable bonds is 13. The quantitative estimate of drug-likeness (QED) is 0.404. The first-order valence-electron chi connectivity index (χ1n) is 15.5. The summed E-state index contributed by atoms with van der Waals surface area (Å²) in [6.45, 7) is 18.7. The van der Waals surface area contributed by atoms with E-state index in [4.69, 9.17) is 5.73 Å². The Balaban J connectivity index is 1.32. The normalized spacial score (nSPS) is 28.2. The van der Waals surface area contributed by atoms with Gasteiger partial charge in [0.15, 0.2) is 0 Å². The minimum Gasteiger partial charge on any atom is -0.330 e. The molecule has 5 nitrogen and oxygen atoms in total. The van der Waals surface area contributed by atoms with Gasteiger partial charge in [-0.15, -0.1) is 0 Å². The maximum atomic E-state index is 6.18. The molecule has 0 unspecified atom stereocenters. The molecule has 1 atom stereocenters. The molecule has 0 saturated carbocycles. The van der Waals surface area contributed by atoms with Gasteiger partial charge in [0.25, 0.3) is 0 Å². The first-order chi connectivity index (χ1) is 17.0. The molecule has 3 N–H and O–H groups in total. The number of hydrogen-bond acceptors (Lipinski definition) is 5. The van der Waals surface area contributed by atoms with E-state index in [1.165, 1.54) is 136 Å². The number of nitrogens with two attached hydrogens (primary N) is 1. The minimum atomic E-state index is 0.507. The molecule has 35 heavy (non-hydrogen) atoms. The van der Waals surface area contributed by atoms with Crippen LogP contribution in [0.1, 0.15) is 84.5 Å². The molecule has 204 valence electrons. The van der Waals surface area contributed by atoms with Crippen LogP contribution in [0.4, 0.5) is 0 Å². The molecule has 0 aromatic rings. The van der Waals surface area contributed by atoms with Crippen LogP contribution in [0.2, 0.25) is 0 Å². The van der Waals surface area contributed by atoms with Gasteiger partial charge in [-0.3, -0.25) is 0 Å². The van der Waals surface area contributed by atoms with E-state index < -0.39 is 0 Å². The highest BCUT2D eigenvalue weighted by atomic mass is 15.2. The molecule has 5 heteroatoms. The van der Waals surface area contributed by atoms with E-state index in [1.807, 2.05) is 0 Å². The average Bonchev–Trinajstić information content (AvgIpc) is 3.14. The van der Waals surface area contributed by atoms with Crippen LogP contribution >= 0.6 is 0 Å². The smallest absolute Gasteiger partial charge is 0.00511 e. The van der Waals surface area contributed by atoms with Crippen LogP contribution in [0.5, 0.6) is 0 Å². The van der Waals surface area contributed by atoms with Crippen LogP contribution in [-0.4, -0.2) is 93.7 Å². The second-order valence-corrected chi connectivity index (χ2v) is 13.4. The molecule has 0 aromatic heterocycles. The van der Waals surface area contributed by atoms with Crippen molar-refractivity contribution in [2.75, 3.05) is 79.0 Å². The predicted molar refractivity (Wildman–Crippen MR) is 150 cm³/mol. The van der Waals surface area contributed by atoms with Crippen molar-refractivity contribution in [2.45, 2.75) is 84.5 Å². The van der Waals surface area contributed by atoms with Gasteiger partial charge in [0.1, 0.15) is 0 Å². The molecule has 0 aliphatic carbocycles. The van der Waals surface area contributed by atoms with E-state index in [0.29, 0.717) is 10.8 Å². The first kappa shape index (κ1) is 27.8. The molecule has 0 aromatic carbocycles. The van der Waals surface area contributed by atoms with Gasteiger partial charge in [0.05, 0.1) is 0 Å². The second kappa shape index (κ2) is 13.0. The van der Waals surface area contributed by atoms with Crippen molar-refractivity contribution in [1.82, 2.24) is 20.0 Å². The number of hydrogen-bond donors (Lipinski definition) is 2. The SMILES string of the molecule is CCCC(CCC)CN1CC(CCN)(CC[C@@H]2CN(CC3CCN(C)CC3)CC23CCNCC3)C1. The lowest BCUT2D eigenvalue weighted by Crippen LogP contribution is -2.58. The third-order valence-electron chi connectivity index (χ3n) is 10.6. The summed E-state index contributed by atoms with van der Waals surface area (Å²) < 4.78 is 0. The van der Waals surface area contributed by atoms with Gasteiger partial charge in [0.2, 0.25) is 0 Å². The standard InChI is InChI=1S/C30H59N5/c1-4-6-26(7-5-2)21-35-23-29(24-35,12-15-31)11-8-28-22-34(20-27-9-18-33(3)19-10-27)25-30(28)13-16-32-17-14-30/h26-28,32H,4-25,31H2,1-3H3/t28-/m1/s1. The molecular formula is C30H59N5.